The maximum atomic E-state index is 13.8. The van der Waals surface area contributed by atoms with Crippen LogP contribution < -0.4 is 21.5 Å². The number of aromatic nitrogens is 1. The van der Waals surface area contributed by atoms with Crippen molar-refractivity contribution in [1.29, 1.82) is 0 Å². The van der Waals surface area contributed by atoms with Crippen LogP contribution in [0.3, 0.4) is 0 Å². The van der Waals surface area contributed by atoms with Gasteiger partial charge in [0.2, 0.25) is 0 Å². The van der Waals surface area contributed by atoms with Gasteiger partial charge in [-0.25, -0.2) is 0 Å². The van der Waals surface area contributed by atoms with Crippen LogP contribution in [0.1, 0.15) is 62.1 Å². The molecule has 9 heteroatoms. The first-order chi connectivity index (χ1) is 15.2. The van der Waals surface area contributed by atoms with Crippen molar-refractivity contribution < 1.29 is 17.9 Å². The average molecular weight is 467 g/mol. The molecule has 0 bridgehead atoms. The molecule has 0 saturated heterocycles. The van der Waals surface area contributed by atoms with Crippen LogP contribution in [0.15, 0.2) is 47.8 Å². The molecule has 3 rings (SSSR count). The SMILES string of the molecule is CCCCCCCCOc1ccc(C2(N)NC(c3cccnc3)=C(N)S2)cc1C(F)(F)F. The van der Waals surface area contributed by atoms with Crippen LogP contribution in [-0.2, 0) is 11.2 Å². The number of nitrogens with one attached hydrogen (secondary N) is 1. The van der Waals surface area contributed by atoms with Gasteiger partial charge in [-0.1, -0.05) is 56.9 Å². The fourth-order valence-electron chi connectivity index (χ4n) is 3.53. The molecule has 1 atom stereocenters. The topological polar surface area (TPSA) is 86.2 Å². The number of hydrogen-bond acceptors (Lipinski definition) is 6. The minimum atomic E-state index is -4.57. The van der Waals surface area contributed by atoms with Gasteiger partial charge in [0.05, 0.1) is 22.9 Å². The molecule has 5 nitrogen and oxygen atoms in total. The lowest BCUT2D eigenvalue weighted by molar-refractivity contribution is -0.139. The number of benzene rings is 1. The van der Waals surface area contributed by atoms with E-state index >= 15 is 0 Å². The number of hydrogen-bond donors (Lipinski definition) is 3. The van der Waals surface area contributed by atoms with Gasteiger partial charge in [-0.2, -0.15) is 13.2 Å². The Morgan fingerprint density at radius 2 is 1.88 bits per heavy atom. The Morgan fingerprint density at radius 3 is 2.56 bits per heavy atom. The van der Waals surface area contributed by atoms with E-state index < -0.39 is 16.7 Å². The van der Waals surface area contributed by atoms with E-state index in [2.05, 4.69) is 17.2 Å². The molecule has 0 saturated carbocycles. The summed E-state index contributed by atoms with van der Waals surface area (Å²) in [6.45, 7) is 2.38. The Labute approximate surface area is 190 Å². The Morgan fingerprint density at radius 1 is 1.12 bits per heavy atom. The van der Waals surface area contributed by atoms with Crippen LogP contribution >= 0.6 is 11.8 Å². The van der Waals surface area contributed by atoms with E-state index in [0.29, 0.717) is 16.3 Å². The Bertz CT molecular complexity index is 937. The highest BCUT2D eigenvalue weighted by Gasteiger charge is 2.41. The van der Waals surface area contributed by atoms with Crippen molar-refractivity contribution in [2.45, 2.75) is 56.6 Å². The maximum absolute atomic E-state index is 13.8. The number of pyridine rings is 1. The van der Waals surface area contributed by atoms with Gasteiger partial charge in [0.15, 0.2) is 4.99 Å². The molecule has 174 valence electrons. The first kappa shape index (κ1) is 24.3. The minimum absolute atomic E-state index is 0.185. The number of nitrogens with zero attached hydrogens (tertiary/aromatic N) is 1. The normalized spacial score (nSPS) is 18.7. The second-order valence-electron chi connectivity index (χ2n) is 7.77. The Hall–Kier alpha value is -2.39. The standard InChI is InChI=1S/C23H29F3N4OS/c1-2-3-4-5-6-7-13-31-19-11-10-17(14-18(19)22(24,25)26)23(28)30-20(21(27)32-23)16-9-8-12-29-15-16/h8-12,14-15,30H,2-7,13,27-28H2,1H3. The van der Waals surface area contributed by atoms with E-state index in [-0.39, 0.29) is 17.9 Å². The number of halogens is 3. The molecule has 1 aliphatic heterocycles. The van der Waals surface area contributed by atoms with Gasteiger partial charge >= 0.3 is 6.18 Å². The molecule has 1 aromatic carbocycles. The van der Waals surface area contributed by atoms with Gasteiger partial charge in [-0.3, -0.25) is 10.7 Å². The molecule has 0 amide bonds. The molecule has 2 heterocycles. The van der Waals surface area contributed by atoms with Crippen molar-refractivity contribution in [2.24, 2.45) is 11.5 Å². The summed E-state index contributed by atoms with van der Waals surface area (Å²) in [5, 5.41) is 3.46. The molecule has 0 radical (unpaired) electrons. The summed E-state index contributed by atoms with van der Waals surface area (Å²) < 4.78 is 46.8. The van der Waals surface area contributed by atoms with Gasteiger partial charge in [-0.15, -0.1) is 0 Å². The van der Waals surface area contributed by atoms with Crippen LogP contribution in [-0.4, -0.2) is 11.6 Å². The third kappa shape index (κ3) is 5.89. The van der Waals surface area contributed by atoms with E-state index in [1.807, 2.05) is 0 Å². The van der Waals surface area contributed by atoms with E-state index in [1.165, 1.54) is 12.5 Å². The predicted molar refractivity (Wildman–Crippen MR) is 122 cm³/mol. The summed E-state index contributed by atoms with van der Waals surface area (Å²) in [7, 11) is 0. The summed E-state index contributed by atoms with van der Waals surface area (Å²) in [6, 6.07) is 7.47. The molecule has 32 heavy (non-hydrogen) atoms. The molecule has 0 aliphatic carbocycles. The number of nitrogens with two attached hydrogens (primary N) is 2. The quantitative estimate of drug-likeness (QED) is 0.399. The smallest absolute Gasteiger partial charge is 0.419 e. The summed E-state index contributed by atoms with van der Waals surface area (Å²) in [4.78, 5) is 2.71. The van der Waals surface area contributed by atoms with Crippen molar-refractivity contribution in [2.75, 3.05) is 6.61 Å². The predicted octanol–water partition coefficient (Wildman–Crippen LogP) is 5.53. The summed E-state index contributed by atoms with van der Waals surface area (Å²) in [6.07, 6.45) is 4.85. The van der Waals surface area contributed by atoms with Crippen molar-refractivity contribution in [3.05, 3.63) is 64.4 Å². The highest BCUT2D eigenvalue weighted by molar-refractivity contribution is 8.04. The minimum Gasteiger partial charge on any atom is -0.493 e. The van der Waals surface area contributed by atoms with Gasteiger partial charge in [0.1, 0.15) is 5.75 Å². The zero-order valence-corrected chi connectivity index (χ0v) is 18.9. The van der Waals surface area contributed by atoms with E-state index in [4.69, 9.17) is 16.2 Å². The van der Waals surface area contributed by atoms with Gasteiger partial charge in [0, 0.05) is 23.5 Å². The number of rotatable bonds is 10. The largest absolute Gasteiger partial charge is 0.493 e. The Kier molecular flexibility index (Phi) is 7.95. The van der Waals surface area contributed by atoms with Gasteiger partial charge in [0.25, 0.3) is 0 Å². The van der Waals surface area contributed by atoms with Crippen LogP contribution in [0.25, 0.3) is 5.70 Å². The lowest BCUT2D eigenvalue weighted by atomic mass is 10.1. The molecular formula is C23H29F3N4OS. The van der Waals surface area contributed by atoms with E-state index in [0.717, 1.165) is 49.9 Å². The lowest BCUT2D eigenvalue weighted by Gasteiger charge is -2.27. The van der Waals surface area contributed by atoms with Crippen LogP contribution in [0.2, 0.25) is 0 Å². The third-order valence-electron chi connectivity index (χ3n) is 5.25. The van der Waals surface area contributed by atoms with Crippen molar-refractivity contribution >= 4 is 17.5 Å². The second-order valence-corrected chi connectivity index (χ2v) is 9.06. The average Bonchev–Trinajstić information content (AvgIpc) is 3.08. The summed E-state index contributed by atoms with van der Waals surface area (Å²) >= 11 is 1.07. The number of unbranched alkanes of at least 4 members (excludes halogenated alkanes) is 5. The van der Waals surface area contributed by atoms with Crippen molar-refractivity contribution in [3.8, 4) is 5.75 Å². The maximum Gasteiger partial charge on any atom is 0.419 e. The molecule has 2 aromatic rings. The van der Waals surface area contributed by atoms with Crippen molar-refractivity contribution in [1.82, 2.24) is 10.3 Å². The van der Waals surface area contributed by atoms with Crippen LogP contribution in [0, 0.1) is 0 Å². The fourth-order valence-corrected chi connectivity index (χ4v) is 4.54. The molecule has 0 fully saturated rings. The molecular weight excluding hydrogens is 437 g/mol. The van der Waals surface area contributed by atoms with E-state index in [1.54, 1.807) is 30.6 Å². The summed E-state index contributed by atoms with van der Waals surface area (Å²) in [5.41, 5.74) is 13.2. The second kappa shape index (κ2) is 10.5. The molecule has 1 aliphatic rings. The van der Waals surface area contributed by atoms with Gasteiger partial charge in [-0.05, 0) is 30.7 Å². The molecule has 5 N–H and O–H groups in total. The van der Waals surface area contributed by atoms with Gasteiger partial charge < -0.3 is 15.8 Å². The Balaban J connectivity index is 1.73. The zero-order valence-electron chi connectivity index (χ0n) is 18.0. The molecule has 1 unspecified atom stereocenters. The highest BCUT2D eigenvalue weighted by atomic mass is 32.2. The zero-order chi connectivity index (χ0) is 23.2. The lowest BCUT2D eigenvalue weighted by Crippen LogP contribution is -2.43. The fraction of sp³-hybridized carbons (Fsp3) is 0.435. The summed E-state index contributed by atoms with van der Waals surface area (Å²) in [5.74, 6) is -0.185. The van der Waals surface area contributed by atoms with Crippen molar-refractivity contribution in [3.63, 3.8) is 0 Å². The molecule has 0 spiro atoms. The van der Waals surface area contributed by atoms with E-state index in [9.17, 15) is 13.2 Å². The number of alkyl halides is 3. The first-order valence-electron chi connectivity index (χ1n) is 10.8. The van der Waals surface area contributed by atoms with Crippen LogP contribution in [0.4, 0.5) is 13.2 Å². The first-order valence-corrected chi connectivity index (χ1v) is 11.6. The van der Waals surface area contributed by atoms with Crippen LogP contribution in [0.5, 0.6) is 5.75 Å². The third-order valence-corrected chi connectivity index (χ3v) is 6.33. The molecule has 1 aromatic heterocycles. The number of ether oxygens (including phenoxy) is 1. The monoisotopic (exact) mass is 466 g/mol. The highest BCUT2D eigenvalue weighted by Crippen LogP contribution is 2.45. The number of thioether (sulfide) groups is 1.